The zero-order valence-electron chi connectivity index (χ0n) is 18.0. The van der Waals surface area contributed by atoms with Crippen LogP contribution in [0.1, 0.15) is 32.2 Å². The van der Waals surface area contributed by atoms with Gasteiger partial charge in [0.1, 0.15) is 18.1 Å². The van der Waals surface area contributed by atoms with E-state index in [1.807, 2.05) is 12.1 Å². The summed E-state index contributed by atoms with van der Waals surface area (Å²) in [5.41, 5.74) is 4.12. The maximum Gasteiger partial charge on any atom is 0.165 e. The van der Waals surface area contributed by atoms with Crippen LogP contribution in [-0.2, 0) is 16.8 Å². The van der Waals surface area contributed by atoms with Crippen molar-refractivity contribution in [3.63, 3.8) is 0 Å². The number of aromatic nitrogens is 4. The van der Waals surface area contributed by atoms with Gasteiger partial charge in [0, 0.05) is 19.0 Å². The lowest BCUT2D eigenvalue weighted by Crippen LogP contribution is -2.10. The normalized spacial score (nSPS) is 11.6. The van der Waals surface area contributed by atoms with Crippen molar-refractivity contribution in [2.24, 2.45) is 0 Å². The molecule has 1 N–H and O–H groups in total. The predicted octanol–water partition coefficient (Wildman–Crippen LogP) is 5.93. The molecule has 6 nitrogen and oxygen atoms in total. The number of fused-ring (bicyclic) bond motifs is 1. The van der Waals surface area contributed by atoms with Crippen molar-refractivity contribution >= 4 is 34.1 Å². The SMILES string of the molecule is COCc1nc(Nc2ccc(C(C)(C)C)cc2)c2ccc(-c3ncccc3Cl)nc2n1. The second-order valence-electron chi connectivity index (χ2n) is 8.28. The molecule has 0 fully saturated rings. The Morgan fingerprint density at radius 1 is 0.968 bits per heavy atom. The first kappa shape index (κ1) is 21.2. The molecule has 0 bridgehead atoms. The zero-order valence-corrected chi connectivity index (χ0v) is 18.7. The minimum atomic E-state index is 0.0961. The Bertz CT molecular complexity index is 1220. The smallest absolute Gasteiger partial charge is 0.165 e. The minimum Gasteiger partial charge on any atom is -0.377 e. The maximum atomic E-state index is 6.31. The van der Waals surface area contributed by atoms with Gasteiger partial charge < -0.3 is 10.1 Å². The van der Waals surface area contributed by atoms with Crippen molar-refractivity contribution in [1.29, 1.82) is 0 Å². The molecule has 31 heavy (non-hydrogen) atoms. The first-order valence-electron chi connectivity index (χ1n) is 10.0. The summed E-state index contributed by atoms with van der Waals surface area (Å²) in [6.45, 7) is 6.87. The number of halogens is 1. The monoisotopic (exact) mass is 433 g/mol. The summed E-state index contributed by atoms with van der Waals surface area (Å²) >= 11 is 6.31. The number of nitrogens with one attached hydrogen (secondary N) is 1. The van der Waals surface area contributed by atoms with Gasteiger partial charge in [-0.25, -0.2) is 15.0 Å². The van der Waals surface area contributed by atoms with Crippen LogP contribution in [0, 0.1) is 0 Å². The third-order valence-electron chi connectivity index (χ3n) is 4.89. The Morgan fingerprint density at radius 2 is 1.74 bits per heavy atom. The summed E-state index contributed by atoms with van der Waals surface area (Å²) in [6, 6.07) is 15.8. The number of hydrogen-bond donors (Lipinski definition) is 1. The summed E-state index contributed by atoms with van der Waals surface area (Å²) in [7, 11) is 1.61. The maximum absolute atomic E-state index is 6.31. The number of rotatable bonds is 5. The van der Waals surface area contributed by atoms with E-state index in [1.54, 1.807) is 25.4 Å². The standard InChI is InChI=1S/C24H24ClN5O/c1-24(2,3)15-7-9-16(10-8-15)27-22-17-11-12-19(21-18(25)6-5-13-26-21)28-23(17)30-20(29-22)14-31-4/h5-13H,14H2,1-4H3,(H,27,28,29,30). The fourth-order valence-electron chi connectivity index (χ4n) is 3.24. The molecule has 0 radical (unpaired) electrons. The number of anilines is 2. The molecule has 0 amide bonds. The van der Waals surface area contributed by atoms with E-state index in [-0.39, 0.29) is 12.0 Å². The van der Waals surface area contributed by atoms with Gasteiger partial charge in [-0.2, -0.15) is 0 Å². The lowest BCUT2D eigenvalue weighted by atomic mass is 9.87. The zero-order chi connectivity index (χ0) is 22.0. The van der Waals surface area contributed by atoms with Crippen LogP contribution >= 0.6 is 11.6 Å². The molecule has 7 heteroatoms. The van der Waals surface area contributed by atoms with Gasteiger partial charge in [0.2, 0.25) is 0 Å². The number of hydrogen-bond acceptors (Lipinski definition) is 6. The fraction of sp³-hybridized carbons (Fsp3) is 0.250. The first-order chi connectivity index (χ1) is 14.8. The molecule has 0 saturated heterocycles. The molecule has 0 saturated carbocycles. The minimum absolute atomic E-state index is 0.0961. The topological polar surface area (TPSA) is 72.8 Å². The second-order valence-corrected chi connectivity index (χ2v) is 8.68. The molecule has 1 aromatic carbocycles. The number of benzene rings is 1. The van der Waals surface area contributed by atoms with E-state index in [2.05, 4.69) is 65.3 Å². The molecule has 158 valence electrons. The molecule has 4 aromatic rings. The Balaban J connectivity index is 1.76. The van der Waals surface area contributed by atoms with Gasteiger partial charge in [-0.15, -0.1) is 0 Å². The van der Waals surface area contributed by atoms with E-state index in [9.17, 15) is 0 Å². The molecule has 4 rings (SSSR count). The van der Waals surface area contributed by atoms with Crippen LogP contribution in [0.4, 0.5) is 11.5 Å². The highest BCUT2D eigenvalue weighted by molar-refractivity contribution is 6.32. The van der Waals surface area contributed by atoms with Crippen LogP contribution < -0.4 is 5.32 Å². The lowest BCUT2D eigenvalue weighted by molar-refractivity contribution is 0.178. The lowest BCUT2D eigenvalue weighted by Gasteiger charge is -2.19. The van der Waals surface area contributed by atoms with Crippen molar-refractivity contribution in [3.05, 3.63) is 71.1 Å². The van der Waals surface area contributed by atoms with Gasteiger partial charge in [-0.05, 0) is 47.4 Å². The average Bonchev–Trinajstić information content (AvgIpc) is 2.74. The highest BCUT2D eigenvalue weighted by Gasteiger charge is 2.15. The first-order valence-corrected chi connectivity index (χ1v) is 10.4. The van der Waals surface area contributed by atoms with E-state index in [0.29, 0.717) is 33.7 Å². The largest absolute Gasteiger partial charge is 0.377 e. The summed E-state index contributed by atoms with van der Waals surface area (Å²) in [5, 5.41) is 4.75. The van der Waals surface area contributed by atoms with Gasteiger partial charge in [0.15, 0.2) is 11.5 Å². The third kappa shape index (κ3) is 4.65. The van der Waals surface area contributed by atoms with E-state index >= 15 is 0 Å². The molecular weight excluding hydrogens is 410 g/mol. The van der Waals surface area contributed by atoms with Crippen molar-refractivity contribution < 1.29 is 4.74 Å². The molecule has 3 aromatic heterocycles. The van der Waals surface area contributed by atoms with E-state index in [4.69, 9.17) is 21.3 Å². The van der Waals surface area contributed by atoms with E-state index in [1.165, 1.54) is 5.56 Å². The second kappa shape index (κ2) is 8.57. The fourth-order valence-corrected chi connectivity index (χ4v) is 3.46. The third-order valence-corrected chi connectivity index (χ3v) is 5.20. The summed E-state index contributed by atoms with van der Waals surface area (Å²) in [4.78, 5) is 18.3. The van der Waals surface area contributed by atoms with Gasteiger partial charge in [-0.3, -0.25) is 4.98 Å². The van der Waals surface area contributed by atoms with Crippen LogP contribution in [0.15, 0.2) is 54.7 Å². The molecule has 3 heterocycles. The van der Waals surface area contributed by atoms with Gasteiger partial charge in [-0.1, -0.05) is 44.5 Å². The average molecular weight is 434 g/mol. The van der Waals surface area contributed by atoms with Crippen LogP contribution in [0.25, 0.3) is 22.4 Å². The van der Waals surface area contributed by atoms with Crippen LogP contribution in [0.5, 0.6) is 0 Å². The van der Waals surface area contributed by atoms with Crippen LogP contribution in [0.2, 0.25) is 5.02 Å². The van der Waals surface area contributed by atoms with Crippen LogP contribution in [-0.4, -0.2) is 27.0 Å². The molecule has 0 aliphatic carbocycles. The summed E-state index contributed by atoms with van der Waals surface area (Å²) in [5.74, 6) is 1.22. The predicted molar refractivity (Wildman–Crippen MR) is 125 cm³/mol. The highest BCUT2D eigenvalue weighted by Crippen LogP contribution is 2.29. The molecule has 0 aliphatic heterocycles. The number of pyridine rings is 2. The highest BCUT2D eigenvalue weighted by atomic mass is 35.5. The Hall–Kier alpha value is -3.09. The van der Waals surface area contributed by atoms with Crippen molar-refractivity contribution in [1.82, 2.24) is 19.9 Å². The Kier molecular flexibility index (Phi) is 5.85. The van der Waals surface area contributed by atoms with Crippen molar-refractivity contribution in [2.45, 2.75) is 32.8 Å². The van der Waals surface area contributed by atoms with Gasteiger partial charge in [0.25, 0.3) is 0 Å². The summed E-state index contributed by atoms with van der Waals surface area (Å²) < 4.78 is 5.26. The quantitative estimate of drug-likeness (QED) is 0.420. The van der Waals surface area contributed by atoms with Gasteiger partial charge in [0.05, 0.1) is 16.1 Å². The number of ether oxygens (including phenoxy) is 1. The molecule has 0 spiro atoms. The van der Waals surface area contributed by atoms with Gasteiger partial charge >= 0.3 is 0 Å². The van der Waals surface area contributed by atoms with Crippen LogP contribution in [0.3, 0.4) is 0 Å². The molecular formula is C24H24ClN5O. The van der Waals surface area contributed by atoms with Crippen molar-refractivity contribution in [2.75, 3.05) is 12.4 Å². The molecule has 0 aliphatic rings. The van der Waals surface area contributed by atoms with Crippen molar-refractivity contribution in [3.8, 4) is 11.4 Å². The van der Waals surface area contributed by atoms with E-state index in [0.717, 1.165) is 11.1 Å². The molecule has 0 unspecified atom stereocenters. The summed E-state index contributed by atoms with van der Waals surface area (Å²) in [6.07, 6.45) is 1.69. The Labute approximate surface area is 186 Å². The number of methoxy groups -OCH3 is 1. The van der Waals surface area contributed by atoms with E-state index < -0.39 is 0 Å². The Morgan fingerprint density at radius 3 is 2.42 bits per heavy atom. The molecule has 0 atom stereocenters. The number of nitrogens with zero attached hydrogens (tertiary/aromatic N) is 4.